The molecule has 0 aliphatic rings. The van der Waals surface area contributed by atoms with Crippen LogP contribution in [-0.2, 0) is 9.53 Å². The molecule has 140 valence electrons. The Kier molecular flexibility index (Phi) is 8.29. The molecule has 0 unspecified atom stereocenters. The molecule has 0 saturated carbocycles. The largest absolute Gasteiger partial charge is 0.444 e. The molecule has 0 fully saturated rings. The van der Waals surface area contributed by atoms with E-state index in [-0.39, 0.29) is 5.91 Å². The normalized spacial score (nSPS) is 11.7. The van der Waals surface area contributed by atoms with E-state index in [0.717, 1.165) is 17.7 Å². The number of thioether (sulfide) groups is 1. The smallest absolute Gasteiger partial charge is 0.407 e. The van der Waals surface area contributed by atoms with E-state index in [1.165, 1.54) is 11.8 Å². The van der Waals surface area contributed by atoms with Crippen LogP contribution >= 0.6 is 11.8 Å². The van der Waals surface area contributed by atoms with Crippen molar-refractivity contribution in [2.24, 2.45) is 0 Å². The van der Waals surface area contributed by atoms with E-state index < -0.39 is 17.2 Å². The number of ether oxygens (including phenoxy) is 1. The molecule has 1 aromatic rings. The van der Waals surface area contributed by atoms with Gasteiger partial charge in [0.05, 0.1) is 11.3 Å². The van der Waals surface area contributed by atoms with Crippen molar-refractivity contribution in [1.29, 1.82) is 0 Å². The van der Waals surface area contributed by atoms with Crippen molar-refractivity contribution in [2.75, 3.05) is 12.3 Å². The monoisotopic (exact) mass is 366 g/mol. The lowest BCUT2D eigenvalue weighted by atomic mass is 9.92. The Morgan fingerprint density at radius 2 is 1.68 bits per heavy atom. The van der Waals surface area contributed by atoms with E-state index >= 15 is 0 Å². The minimum Gasteiger partial charge on any atom is -0.444 e. The van der Waals surface area contributed by atoms with Crippen molar-refractivity contribution < 1.29 is 14.3 Å². The summed E-state index contributed by atoms with van der Waals surface area (Å²) in [5, 5.41) is 5.87. The number of nitrogens with one attached hydrogen (secondary N) is 2. The van der Waals surface area contributed by atoms with Gasteiger partial charge in [0.2, 0.25) is 5.91 Å². The van der Waals surface area contributed by atoms with Crippen LogP contribution in [0.15, 0.2) is 35.2 Å². The van der Waals surface area contributed by atoms with Gasteiger partial charge in [-0.1, -0.05) is 32.0 Å². The first-order valence-electron chi connectivity index (χ1n) is 8.65. The summed E-state index contributed by atoms with van der Waals surface area (Å²) in [6, 6.07) is 9.82. The topological polar surface area (TPSA) is 67.4 Å². The molecule has 0 aliphatic heterocycles. The second kappa shape index (κ2) is 9.70. The van der Waals surface area contributed by atoms with Gasteiger partial charge in [0.25, 0.3) is 0 Å². The van der Waals surface area contributed by atoms with E-state index in [2.05, 4.69) is 10.6 Å². The van der Waals surface area contributed by atoms with Crippen molar-refractivity contribution >= 4 is 23.8 Å². The van der Waals surface area contributed by atoms with Gasteiger partial charge >= 0.3 is 6.09 Å². The van der Waals surface area contributed by atoms with Gasteiger partial charge in [0.1, 0.15) is 5.60 Å². The fraction of sp³-hybridized carbons (Fsp3) is 0.579. The van der Waals surface area contributed by atoms with Crippen LogP contribution in [0.5, 0.6) is 0 Å². The molecule has 1 aromatic carbocycles. The predicted octanol–water partition coefficient (Wildman–Crippen LogP) is 3.98. The fourth-order valence-electron chi connectivity index (χ4n) is 2.27. The molecule has 0 aromatic heterocycles. The first-order chi connectivity index (χ1) is 11.7. The molecule has 0 saturated heterocycles. The number of amides is 2. The van der Waals surface area contributed by atoms with Gasteiger partial charge in [0.15, 0.2) is 0 Å². The molecule has 1 rings (SSSR count). The fourth-order valence-corrected chi connectivity index (χ4v) is 2.99. The zero-order valence-electron chi connectivity index (χ0n) is 15.8. The molecule has 0 bridgehead atoms. The summed E-state index contributed by atoms with van der Waals surface area (Å²) in [4.78, 5) is 25.3. The highest BCUT2D eigenvalue weighted by molar-refractivity contribution is 8.00. The number of rotatable bonds is 8. The van der Waals surface area contributed by atoms with Crippen molar-refractivity contribution in [2.45, 2.75) is 63.5 Å². The van der Waals surface area contributed by atoms with Gasteiger partial charge in [-0.3, -0.25) is 4.79 Å². The predicted molar refractivity (Wildman–Crippen MR) is 103 cm³/mol. The molecule has 6 heteroatoms. The van der Waals surface area contributed by atoms with Crippen molar-refractivity contribution in [1.82, 2.24) is 10.6 Å². The Hall–Kier alpha value is -1.69. The van der Waals surface area contributed by atoms with Crippen LogP contribution in [0.3, 0.4) is 0 Å². The first-order valence-corrected chi connectivity index (χ1v) is 9.64. The number of carbonyl (C=O) groups is 2. The second-order valence-corrected chi connectivity index (χ2v) is 8.04. The summed E-state index contributed by atoms with van der Waals surface area (Å²) in [5.41, 5.74) is -1.01. The van der Waals surface area contributed by atoms with Gasteiger partial charge in [-0.15, -0.1) is 11.8 Å². The molecule has 0 spiro atoms. The Bertz CT molecular complexity index is 552. The van der Waals surface area contributed by atoms with Gasteiger partial charge in [-0.25, -0.2) is 4.79 Å². The minimum atomic E-state index is -0.541. The van der Waals surface area contributed by atoms with Crippen molar-refractivity contribution in [3.63, 3.8) is 0 Å². The third kappa shape index (κ3) is 8.29. The number of carbonyl (C=O) groups excluding carboxylic acids is 2. The zero-order chi connectivity index (χ0) is 18.9. The van der Waals surface area contributed by atoms with Gasteiger partial charge in [0, 0.05) is 11.4 Å². The van der Waals surface area contributed by atoms with Crippen molar-refractivity contribution in [3.8, 4) is 0 Å². The molecular weight excluding hydrogens is 336 g/mol. The van der Waals surface area contributed by atoms with Gasteiger partial charge in [-0.2, -0.15) is 0 Å². The second-order valence-electron chi connectivity index (χ2n) is 6.99. The molecule has 2 amide bonds. The van der Waals surface area contributed by atoms with E-state index in [9.17, 15) is 9.59 Å². The third-order valence-electron chi connectivity index (χ3n) is 3.84. The Morgan fingerprint density at radius 3 is 2.20 bits per heavy atom. The first kappa shape index (κ1) is 21.4. The molecule has 2 N–H and O–H groups in total. The SMILES string of the molecule is CCC(CC)(CNC(=O)OC(C)(C)C)NC(=O)CSc1ccccc1. The maximum absolute atomic E-state index is 12.3. The summed E-state index contributed by atoms with van der Waals surface area (Å²) in [5.74, 6) is 0.307. The summed E-state index contributed by atoms with van der Waals surface area (Å²) < 4.78 is 5.27. The standard InChI is InChI=1S/C19H30N2O3S/c1-6-19(7-2,14-20-17(23)24-18(3,4)5)21-16(22)13-25-15-11-9-8-10-12-15/h8-12H,6-7,13-14H2,1-5H3,(H,20,23)(H,21,22). The zero-order valence-corrected chi connectivity index (χ0v) is 16.7. The molecule has 0 aliphatic carbocycles. The van der Waals surface area contributed by atoms with Crippen LogP contribution in [0.25, 0.3) is 0 Å². The molecular formula is C19H30N2O3S. The minimum absolute atomic E-state index is 0.0384. The van der Waals surface area contributed by atoms with E-state index in [4.69, 9.17) is 4.74 Å². The number of hydrogen-bond donors (Lipinski definition) is 2. The lowest BCUT2D eigenvalue weighted by molar-refractivity contribution is -0.120. The average Bonchev–Trinajstić information content (AvgIpc) is 2.56. The Morgan fingerprint density at radius 1 is 1.08 bits per heavy atom. The summed E-state index contributed by atoms with van der Waals surface area (Å²) in [7, 11) is 0. The summed E-state index contributed by atoms with van der Waals surface area (Å²) >= 11 is 1.50. The average molecular weight is 367 g/mol. The molecule has 0 radical (unpaired) electrons. The van der Waals surface area contributed by atoms with E-state index in [0.29, 0.717) is 12.3 Å². The van der Waals surface area contributed by atoms with Crippen LogP contribution < -0.4 is 10.6 Å². The van der Waals surface area contributed by atoms with Crippen LogP contribution in [0.2, 0.25) is 0 Å². The molecule has 5 nitrogen and oxygen atoms in total. The third-order valence-corrected chi connectivity index (χ3v) is 4.85. The highest BCUT2D eigenvalue weighted by Crippen LogP contribution is 2.19. The molecule has 0 atom stereocenters. The number of alkyl carbamates (subject to hydrolysis) is 1. The summed E-state index contributed by atoms with van der Waals surface area (Å²) in [6.45, 7) is 9.82. The maximum atomic E-state index is 12.3. The highest BCUT2D eigenvalue weighted by Gasteiger charge is 2.29. The van der Waals surface area contributed by atoms with E-state index in [1.54, 1.807) is 0 Å². The Balaban J connectivity index is 2.55. The number of hydrogen-bond acceptors (Lipinski definition) is 4. The van der Waals surface area contributed by atoms with Crippen LogP contribution in [0.1, 0.15) is 47.5 Å². The van der Waals surface area contributed by atoms with Gasteiger partial charge < -0.3 is 15.4 Å². The number of benzene rings is 1. The maximum Gasteiger partial charge on any atom is 0.407 e. The molecule has 0 heterocycles. The quantitative estimate of drug-likeness (QED) is 0.683. The van der Waals surface area contributed by atoms with Crippen molar-refractivity contribution in [3.05, 3.63) is 30.3 Å². The Labute approximate surface area is 155 Å². The van der Waals surface area contributed by atoms with Gasteiger partial charge in [-0.05, 0) is 45.7 Å². The lowest BCUT2D eigenvalue weighted by Crippen LogP contribution is -2.55. The summed E-state index contributed by atoms with van der Waals surface area (Å²) in [6.07, 6.45) is 0.980. The van der Waals surface area contributed by atoms with Crippen LogP contribution in [-0.4, -0.2) is 35.4 Å². The lowest BCUT2D eigenvalue weighted by Gasteiger charge is -2.33. The van der Waals surface area contributed by atoms with Crippen LogP contribution in [0, 0.1) is 0 Å². The molecule has 25 heavy (non-hydrogen) atoms. The van der Waals surface area contributed by atoms with E-state index in [1.807, 2.05) is 65.0 Å². The van der Waals surface area contributed by atoms with Crippen LogP contribution in [0.4, 0.5) is 4.79 Å². The highest BCUT2D eigenvalue weighted by atomic mass is 32.2.